The molecular formula is C19H22F3NO. The number of aliphatic hydroxyl groups excluding tert-OH is 1. The molecule has 0 saturated heterocycles. The Hall–Kier alpha value is -1.85. The zero-order valence-corrected chi connectivity index (χ0v) is 13.6. The minimum atomic E-state index is -4.38. The Labute approximate surface area is 140 Å². The summed E-state index contributed by atoms with van der Waals surface area (Å²) in [5, 5.41) is 12.4. The molecule has 130 valence electrons. The molecule has 0 aromatic heterocycles. The Bertz CT molecular complexity index is 628. The summed E-state index contributed by atoms with van der Waals surface area (Å²) in [7, 11) is 0. The molecule has 0 amide bonds. The lowest BCUT2D eigenvalue weighted by Gasteiger charge is -2.26. The predicted molar refractivity (Wildman–Crippen MR) is 88.5 cm³/mol. The molecule has 0 aliphatic carbocycles. The maximum atomic E-state index is 13.2. The van der Waals surface area contributed by atoms with Gasteiger partial charge < -0.3 is 10.4 Å². The summed E-state index contributed by atoms with van der Waals surface area (Å²) >= 11 is 0. The summed E-state index contributed by atoms with van der Waals surface area (Å²) in [5.74, 6) is 0. The molecule has 2 rings (SSSR count). The zero-order valence-electron chi connectivity index (χ0n) is 13.6. The molecule has 2 N–H and O–H groups in total. The van der Waals surface area contributed by atoms with E-state index < -0.39 is 17.8 Å². The Morgan fingerprint density at radius 1 is 1.00 bits per heavy atom. The third-order valence-corrected chi connectivity index (χ3v) is 4.04. The smallest absolute Gasteiger partial charge is 0.396 e. The number of hydrogen-bond acceptors (Lipinski definition) is 2. The summed E-state index contributed by atoms with van der Waals surface area (Å²) in [6.07, 6.45) is -3.14. The van der Waals surface area contributed by atoms with Crippen LogP contribution in [0.15, 0.2) is 54.6 Å². The molecule has 0 radical (unpaired) electrons. The molecule has 2 aromatic rings. The molecule has 0 saturated carbocycles. The molecular weight excluding hydrogens is 315 g/mol. The van der Waals surface area contributed by atoms with Gasteiger partial charge in [0.05, 0.1) is 5.56 Å². The number of aliphatic hydroxyl groups is 1. The molecule has 0 bridgehead atoms. The van der Waals surface area contributed by atoms with E-state index in [0.29, 0.717) is 12.8 Å². The fraction of sp³-hybridized carbons (Fsp3) is 0.368. The van der Waals surface area contributed by atoms with Gasteiger partial charge in [0.2, 0.25) is 0 Å². The van der Waals surface area contributed by atoms with Crippen molar-refractivity contribution >= 4 is 0 Å². The van der Waals surface area contributed by atoms with E-state index in [1.54, 1.807) is 13.0 Å². The van der Waals surface area contributed by atoms with Crippen molar-refractivity contribution in [3.63, 3.8) is 0 Å². The standard InChI is InChI=1S/C19H22F3NO/c1-14(16-10-5-6-11-17(16)19(20,21)22)23-18(12-7-13-24)15-8-3-2-4-9-15/h2-6,8-11,14,18,23-24H,7,12-13H2,1H3. The highest BCUT2D eigenvalue weighted by molar-refractivity contribution is 5.32. The zero-order chi connectivity index (χ0) is 17.6. The highest BCUT2D eigenvalue weighted by Crippen LogP contribution is 2.35. The second-order valence-corrected chi connectivity index (χ2v) is 5.80. The summed E-state index contributed by atoms with van der Waals surface area (Å²) < 4.78 is 39.6. The van der Waals surface area contributed by atoms with Gasteiger partial charge in [-0.25, -0.2) is 0 Å². The SMILES string of the molecule is CC(NC(CCCO)c1ccccc1)c1ccccc1C(F)(F)F. The lowest BCUT2D eigenvalue weighted by Crippen LogP contribution is -2.27. The van der Waals surface area contributed by atoms with Crippen LogP contribution < -0.4 is 5.32 Å². The minimum Gasteiger partial charge on any atom is -0.396 e. The van der Waals surface area contributed by atoms with Crippen molar-refractivity contribution in [3.8, 4) is 0 Å². The minimum absolute atomic E-state index is 0.0541. The lowest BCUT2D eigenvalue weighted by molar-refractivity contribution is -0.138. The first-order valence-corrected chi connectivity index (χ1v) is 8.01. The Balaban J connectivity index is 2.24. The highest BCUT2D eigenvalue weighted by Gasteiger charge is 2.34. The molecule has 2 atom stereocenters. The van der Waals surface area contributed by atoms with Crippen molar-refractivity contribution < 1.29 is 18.3 Å². The first-order chi connectivity index (χ1) is 11.4. The Morgan fingerprint density at radius 3 is 2.25 bits per heavy atom. The number of nitrogens with one attached hydrogen (secondary N) is 1. The van der Waals surface area contributed by atoms with Crippen LogP contribution in [0.25, 0.3) is 0 Å². The van der Waals surface area contributed by atoms with Crippen molar-refractivity contribution in [2.24, 2.45) is 0 Å². The first kappa shape index (κ1) is 18.5. The van der Waals surface area contributed by atoms with Crippen LogP contribution in [0, 0.1) is 0 Å². The molecule has 0 heterocycles. The second kappa shape index (κ2) is 8.31. The van der Waals surface area contributed by atoms with Gasteiger partial charge in [0.1, 0.15) is 0 Å². The third-order valence-electron chi connectivity index (χ3n) is 4.04. The Morgan fingerprint density at radius 2 is 1.62 bits per heavy atom. The number of halogens is 3. The van der Waals surface area contributed by atoms with Gasteiger partial charge in [0.25, 0.3) is 0 Å². The van der Waals surface area contributed by atoms with E-state index in [1.807, 2.05) is 30.3 Å². The van der Waals surface area contributed by atoms with Crippen LogP contribution in [0.3, 0.4) is 0 Å². The highest BCUT2D eigenvalue weighted by atomic mass is 19.4. The fourth-order valence-corrected chi connectivity index (χ4v) is 2.85. The quantitative estimate of drug-likeness (QED) is 0.755. The van der Waals surface area contributed by atoms with Gasteiger partial charge in [0.15, 0.2) is 0 Å². The lowest BCUT2D eigenvalue weighted by atomic mass is 9.97. The number of hydrogen-bond donors (Lipinski definition) is 2. The number of alkyl halides is 3. The molecule has 0 fully saturated rings. The largest absolute Gasteiger partial charge is 0.416 e. The van der Waals surface area contributed by atoms with Gasteiger partial charge in [-0.05, 0) is 37.0 Å². The maximum Gasteiger partial charge on any atom is 0.416 e. The number of rotatable bonds is 7. The fourth-order valence-electron chi connectivity index (χ4n) is 2.85. The van der Waals surface area contributed by atoms with Crippen LogP contribution in [0.5, 0.6) is 0 Å². The summed E-state index contributed by atoms with van der Waals surface area (Å²) in [5.41, 5.74) is 0.621. The van der Waals surface area contributed by atoms with Crippen LogP contribution >= 0.6 is 0 Å². The average molecular weight is 337 g/mol. The molecule has 2 aromatic carbocycles. The van der Waals surface area contributed by atoms with Gasteiger partial charge in [-0.3, -0.25) is 0 Å². The van der Waals surface area contributed by atoms with Crippen LogP contribution in [-0.4, -0.2) is 11.7 Å². The number of benzene rings is 2. The topological polar surface area (TPSA) is 32.3 Å². The van der Waals surface area contributed by atoms with Crippen molar-refractivity contribution in [1.82, 2.24) is 5.32 Å². The van der Waals surface area contributed by atoms with E-state index in [4.69, 9.17) is 5.11 Å². The Kier molecular flexibility index (Phi) is 6.40. The van der Waals surface area contributed by atoms with Crippen molar-refractivity contribution in [1.29, 1.82) is 0 Å². The summed E-state index contributed by atoms with van der Waals surface area (Å²) in [6, 6.07) is 14.6. The van der Waals surface area contributed by atoms with E-state index in [-0.39, 0.29) is 18.2 Å². The molecule has 24 heavy (non-hydrogen) atoms. The van der Waals surface area contributed by atoms with Crippen LogP contribution in [-0.2, 0) is 6.18 Å². The maximum absolute atomic E-state index is 13.2. The molecule has 2 unspecified atom stereocenters. The van der Waals surface area contributed by atoms with Crippen molar-refractivity contribution in [2.45, 2.75) is 38.0 Å². The molecule has 0 aliphatic rings. The van der Waals surface area contributed by atoms with Gasteiger partial charge >= 0.3 is 6.18 Å². The van der Waals surface area contributed by atoms with E-state index in [9.17, 15) is 13.2 Å². The molecule has 2 nitrogen and oxygen atoms in total. The van der Waals surface area contributed by atoms with Gasteiger partial charge in [-0.15, -0.1) is 0 Å². The predicted octanol–water partition coefficient (Wildman–Crippen LogP) is 4.87. The van der Waals surface area contributed by atoms with E-state index >= 15 is 0 Å². The third kappa shape index (κ3) is 4.82. The van der Waals surface area contributed by atoms with Gasteiger partial charge in [-0.1, -0.05) is 48.5 Å². The average Bonchev–Trinajstić information content (AvgIpc) is 2.58. The normalized spacial score (nSPS) is 14.4. The molecule has 5 heteroatoms. The summed E-state index contributed by atoms with van der Waals surface area (Å²) in [6.45, 7) is 1.79. The van der Waals surface area contributed by atoms with Crippen LogP contribution in [0.2, 0.25) is 0 Å². The first-order valence-electron chi connectivity index (χ1n) is 8.01. The monoisotopic (exact) mass is 337 g/mol. The van der Waals surface area contributed by atoms with Crippen molar-refractivity contribution in [3.05, 3.63) is 71.3 Å². The van der Waals surface area contributed by atoms with E-state index in [1.165, 1.54) is 12.1 Å². The molecule has 0 spiro atoms. The molecule has 0 aliphatic heterocycles. The van der Waals surface area contributed by atoms with Crippen molar-refractivity contribution in [2.75, 3.05) is 6.61 Å². The van der Waals surface area contributed by atoms with Gasteiger partial charge in [-0.2, -0.15) is 13.2 Å². The van der Waals surface area contributed by atoms with Crippen LogP contribution in [0.1, 0.15) is 48.5 Å². The van der Waals surface area contributed by atoms with E-state index in [0.717, 1.165) is 11.6 Å². The summed E-state index contributed by atoms with van der Waals surface area (Å²) in [4.78, 5) is 0. The van der Waals surface area contributed by atoms with Gasteiger partial charge in [0, 0.05) is 18.7 Å². The van der Waals surface area contributed by atoms with Crippen LogP contribution in [0.4, 0.5) is 13.2 Å². The second-order valence-electron chi connectivity index (χ2n) is 5.80. The van der Waals surface area contributed by atoms with E-state index in [2.05, 4.69) is 5.32 Å².